The summed E-state index contributed by atoms with van der Waals surface area (Å²) < 4.78 is 10.4. The van der Waals surface area contributed by atoms with Gasteiger partial charge in [-0.3, -0.25) is 0 Å². The smallest absolute Gasteiger partial charge is 0.341 e. The molecule has 0 saturated heterocycles. The van der Waals surface area contributed by atoms with Crippen molar-refractivity contribution in [1.29, 1.82) is 0 Å². The van der Waals surface area contributed by atoms with E-state index in [0.29, 0.717) is 30.4 Å². The molecule has 2 rings (SSSR count). The maximum absolute atomic E-state index is 11.6. The number of hydrogen-bond donors (Lipinski definition) is 1. The Morgan fingerprint density at radius 1 is 1.44 bits per heavy atom. The Balaban J connectivity index is 0.00000162. The molecule has 0 unspecified atom stereocenters. The Labute approximate surface area is 113 Å². The van der Waals surface area contributed by atoms with Crippen molar-refractivity contribution < 1.29 is 14.3 Å². The van der Waals surface area contributed by atoms with Gasteiger partial charge in [0.15, 0.2) is 0 Å². The molecule has 2 N–H and O–H groups in total. The predicted molar refractivity (Wildman–Crippen MR) is 71.1 cm³/mol. The Morgan fingerprint density at radius 2 is 2.17 bits per heavy atom. The van der Waals surface area contributed by atoms with Crippen LogP contribution in [0, 0.1) is 5.92 Å². The van der Waals surface area contributed by atoms with Gasteiger partial charge in [-0.15, -0.1) is 12.4 Å². The van der Waals surface area contributed by atoms with Crippen LogP contribution in [0.5, 0.6) is 5.75 Å². The molecule has 0 aliphatic heterocycles. The lowest BCUT2D eigenvalue weighted by Gasteiger charge is -2.11. The third kappa shape index (κ3) is 3.62. The van der Waals surface area contributed by atoms with Crippen molar-refractivity contribution in [1.82, 2.24) is 0 Å². The molecule has 0 bridgehead atoms. The highest BCUT2D eigenvalue weighted by Gasteiger charge is 2.23. The lowest BCUT2D eigenvalue weighted by atomic mass is 10.1. The first kappa shape index (κ1) is 14.8. The fourth-order valence-corrected chi connectivity index (χ4v) is 1.59. The number of esters is 1. The second-order valence-corrected chi connectivity index (χ2v) is 4.28. The number of benzene rings is 1. The van der Waals surface area contributed by atoms with Gasteiger partial charge in [-0.2, -0.15) is 0 Å². The van der Waals surface area contributed by atoms with Crippen LogP contribution in [-0.2, 0) is 11.3 Å². The van der Waals surface area contributed by atoms with Gasteiger partial charge in [-0.05, 0) is 36.5 Å². The minimum atomic E-state index is -0.383. The summed E-state index contributed by atoms with van der Waals surface area (Å²) in [5.41, 5.74) is 6.90. The molecule has 0 heterocycles. The zero-order valence-electron chi connectivity index (χ0n) is 10.3. The van der Waals surface area contributed by atoms with E-state index in [0.717, 1.165) is 5.56 Å². The van der Waals surface area contributed by atoms with Crippen LogP contribution < -0.4 is 10.5 Å². The molecule has 0 amide bonds. The first-order valence-electron chi connectivity index (χ1n) is 5.78. The Bertz CT molecular complexity index is 419. The Hall–Kier alpha value is -1.26. The third-order valence-corrected chi connectivity index (χ3v) is 2.86. The summed E-state index contributed by atoms with van der Waals surface area (Å²) in [4.78, 5) is 11.6. The molecular formula is C13H18ClNO3. The zero-order chi connectivity index (χ0) is 12.3. The summed E-state index contributed by atoms with van der Waals surface area (Å²) in [5, 5.41) is 0. The van der Waals surface area contributed by atoms with E-state index in [2.05, 4.69) is 0 Å². The maximum atomic E-state index is 11.6. The SMILES string of the molecule is COC(=O)c1cc(CN)ccc1OCC1CC1.Cl. The van der Waals surface area contributed by atoms with Crippen LogP contribution in [0.25, 0.3) is 0 Å². The topological polar surface area (TPSA) is 61.5 Å². The highest BCUT2D eigenvalue weighted by Crippen LogP contribution is 2.30. The highest BCUT2D eigenvalue weighted by molar-refractivity contribution is 5.92. The molecule has 18 heavy (non-hydrogen) atoms. The molecule has 5 heteroatoms. The fraction of sp³-hybridized carbons (Fsp3) is 0.462. The van der Waals surface area contributed by atoms with Crippen LogP contribution in [0.4, 0.5) is 0 Å². The first-order valence-corrected chi connectivity index (χ1v) is 5.78. The minimum absolute atomic E-state index is 0. The second kappa shape index (κ2) is 6.61. The molecule has 0 atom stereocenters. The third-order valence-electron chi connectivity index (χ3n) is 2.86. The lowest BCUT2D eigenvalue weighted by Crippen LogP contribution is -2.09. The van der Waals surface area contributed by atoms with E-state index in [1.807, 2.05) is 6.07 Å². The van der Waals surface area contributed by atoms with Gasteiger partial charge >= 0.3 is 5.97 Å². The van der Waals surface area contributed by atoms with E-state index in [9.17, 15) is 4.79 Å². The van der Waals surface area contributed by atoms with E-state index >= 15 is 0 Å². The normalized spacial score (nSPS) is 13.7. The van der Waals surface area contributed by atoms with Crippen LogP contribution in [0.3, 0.4) is 0 Å². The standard InChI is InChI=1S/C13H17NO3.ClH/c1-16-13(15)11-6-10(7-14)4-5-12(11)17-8-9-2-3-9;/h4-6,9H,2-3,7-8,14H2,1H3;1H. The highest BCUT2D eigenvalue weighted by atomic mass is 35.5. The number of halogens is 1. The van der Waals surface area contributed by atoms with E-state index in [-0.39, 0.29) is 18.4 Å². The molecule has 1 aromatic rings. The number of methoxy groups -OCH3 is 1. The van der Waals surface area contributed by atoms with Crippen LogP contribution in [0.15, 0.2) is 18.2 Å². The quantitative estimate of drug-likeness (QED) is 0.834. The van der Waals surface area contributed by atoms with Gasteiger partial charge in [0.05, 0.1) is 13.7 Å². The predicted octanol–water partition coefficient (Wildman–Crippen LogP) is 2.14. The molecular weight excluding hydrogens is 254 g/mol. The van der Waals surface area contributed by atoms with Crippen molar-refractivity contribution in [3.05, 3.63) is 29.3 Å². The Kier molecular flexibility index (Phi) is 5.44. The molecule has 0 spiro atoms. The van der Waals surface area contributed by atoms with Crippen molar-refractivity contribution in [2.45, 2.75) is 19.4 Å². The summed E-state index contributed by atoms with van der Waals surface area (Å²) in [6.45, 7) is 1.07. The van der Waals surface area contributed by atoms with Crippen molar-refractivity contribution in [3.8, 4) is 5.75 Å². The molecule has 0 aromatic heterocycles. The van der Waals surface area contributed by atoms with Crippen LogP contribution in [0.2, 0.25) is 0 Å². The first-order chi connectivity index (χ1) is 8.24. The number of ether oxygens (including phenoxy) is 2. The molecule has 1 aliphatic rings. The van der Waals surface area contributed by atoms with Crippen LogP contribution >= 0.6 is 12.4 Å². The van der Waals surface area contributed by atoms with E-state index < -0.39 is 0 Å². The summed E-state index contributed by atoms with van der Waals surface area (Å²) in [7, 11) is 1.36. The van der Waals surface area contributed by atoms with Gasteiger partial charge in [0.1, 0.15) is 11.3 Å². The molecule has 1 aliphatic carbocycles. The molecule has 1 fully saturated rings. The van der Waals surface area contributed by atoms with Gasteiger partial charge in [-0.25, -0.2) is 4.79 Å². The van der Waals surface area contributed by atoms with Crippen molar-refractivity contribution >= 4 is 18.4 Å². The van der Waals surface area contributed by atoms with Gasteiger partial charge in [-0.1, -0.05) is 6.07 Å². The maximum Gasteiger partial charge on any atom is 0.341 e. The average molecular weight is 272 g/mol. The van der Waals surface area contributed by atoms with Crippen molar-refractivity contribution in [3.63, 3.8) is 0 Å². The number of hydrogen-bond acceptors (Lipinski definition) is 4. The average Bonchev–Trinajstić information content (AvgIpc) is 3.19. The largest absolute Gasteiger partial charge is 0.492 e. The monoisotopic (exact) mass is 271 g/mol. The number of rotatable bonds is 5. The molecule has 100 valence electrons. The lowest BCUT2D eigenvalue weighted by molar-refractivity contribution is 0.0595. The Morgan fingerprint density at radius 3 is 2.72 bits per heavy atom. The molecule has 0 radical (unpaired) electrons. The summed E-state index contributed by atoms with van der Waals surface area (Å²) >= 11 is 0. The van der Waals surface area contributed by atoms with Gasteiger partial charge < -0.3 is 15.2 Å². The summed E-state index contributed by atoms with van der Waals surface area (Å²) in [5.74, 6) is 0.849. The number of carbonyl (C=O) groups is 1. The van der Waals surface area contributed by atoms with E-state index in [4.69, 9.17) is 15.2 Å². The van der Waals surface area contributed by atoms with E-state index in [1.54, 1.807) is 12.1 Å². The second-order valence-electron chi connectivity index (χ2n) is 4.28. The van der Waals surface area contributed by atoms with Crippen LogP contribution in [0.1, 0.15) is 28.8 Å². The van der Waals surface area contributed by atoms with Crippen LogP contribution in [-0.4, -0.2) is 19.7 Å². The van der Waals surface area contributed by atoms with Crippen molar-refractivity contribution in [2.24, 2.45) is 11.7 Å². The van der Waals surface area contributed by atoms with Gasteiger partial charge in [0, 0.05) is 6.54 Å². The summed E-state index contributed by atoms with van der Waals surface area (Å²) in [6.07, 6.45) is 2.43. The molecule has 1 saturated carbocycles. The zero-order valence-corrected chi connectivity index (χ0v) is 11.2. The number of nitrogens with two attached hydrogens (primary N) is 1. The van der Waals surface area contributed by atoms with Gasteiger partial charge in [0.25, 0.3) is 0 Å². The molecule has 1 aromatic carbocycles. The summed E-state index contributed by atoms with van der Waals surface area (Å²) in [6, 6.07) is 5.39. The number of carbonyl (C=O) groups excluding carboxylic acids is 1. The van der Waals surface area contributed by atoms with E-state index in [1.165, 1.54) is 20.0 Å². The minimum Gasteiger partial charge on any atom is -0.492 e. The molecule has 4 nitrogen and oxygen atoms in total. The van der Waals surface area contributed by atoms with Gasteiger partial charge in [0.2, 0.25) is 0 Å². The fourth-order valence-electron chi connectivity index (χ4n) is 1.59. The van der Waals surface area contributed by atoms with Crippen molar-refractivity contribution in [2.75, 3.05) is 13.7 Å².